The molecule has 1 atom stereocenters. The maximum Gasteiger partial charge on any atom is 0.261 e. The van der Waals surface area contributed by atoms with Crippen molar-refractivity contribution in [3.63, 3.8) is 0 Å². The summed E-state index contributed by atoms with van der Waals surface area (Å²) in [7, 11) is 1.69. The number of aromatic nitrogens is 2. The number of aryl methyl sites for hydroxylation is 1. The molecule has 1 unspecified atom stereocenters. The Hall–Kier alpha value is -3.97. The van der Waals surface area contributed by atoms with E-state index in [1.165, 1.54) is 4.57 Å². The minimum atomic E-state index is -0.413. The third-order valence-corrected chi connectivity index (χ3v) is 5.73. The largest absolute Gasteiger partial charge is 0.486 e. The predicted molar refractivity (Wildman–Crippen MR) is 130 cm³/mol. The predicted octanol–water partition coefficient (Wildman–Crippen LogP) is 3.29. The van der Waals surface area contributed by atoms with Crippen molar-refractivity contribution < 1.29 is 14.6 Å². The molecular formula is C27H27N3O4. The monoisotopic (exact) mass is 457 g/mol. The highest BCUT2D eigenvalue weighted by Crippen LogP contribution is 2.16. The van der Waals surface area contributed by atoms with Gasteiger partial charge in [-0.15, -0.1) is 0 Å². The summed E-state index contributed by atoms with van der Waals surface area (Å²) in [6.07, 6.45) is 0.881. The summed E-state index contributed by atoms with van der Waals surface area (Å²) in [6.45, 7) is 0.0137. The number of aliphatic hydroxyl groups is 1. The molecule has 0 radical (unpaired) electrons. The second-order valence-corrected chi connectivity index (χ2v) is 8.06. The highest BCUT2D eigenvalue weighted by Gasteiger charge is 2.13. The van der Waals surface area contributed by atoms with E-state index in [9.17, 15) is 14.7 Å². The normalized spacial score (nSPS) is 11.8. The van der Waals surface area contributed by atoms with Crippen LogP contribution in [-0.4, -0.2) is 27.2 Å². The standard InChI is InChI=1S/C27H27N3O4/c1-30-25(28-23-10-6-5-9-22(23)27(30)33)18-34-21-14-11-19(12-15-21)13-16-26(32)29-24(17-31)20-7-3-2-4-8-20/h2-12,14-15,24,31H,13,16-18H2,1H3,(H,29,32). The van der Waals surface area contributed by atoms with E-state index in [2.05, 4.69) is 10.3 Å². The van der Waals surface area contributed by atoms with Crippen molar-refractivity contribution in [3.8, 4) is 5.75 Å². The van der Waals surface area contributed by atoms with Crippen molar-refractivity contribution in [1.82, 2.24) is 14.9 Å². The number of benzene rings is 3. The molecule has 0 spiro atoms. The molecule has 174 valence electrons. The van der Waals surface area contributed by atoms with E-state index >= 15 is 0 Å². The van der Waals surface area contributed by atoms with Crippen LogP contribution in [0.3, 0.4) is 0 Å². The number of rotatable bonds is 9. The molecule has 0 aliphatic carbocycles. The summed E-state index contributed by atoms with van der Waals surface area (Å²) in [5.74, 6) is 1.08. The van der Waals surface area contributed by atoms with Gasteiger partial charge in [-0.2, -0.15) is 0 Å². The second-order valence-electron chi connectivity index (χ2n) is 8.06. The van der Waals surface area contributed by atoms with Crippen LogP contribution in [0.1, 0.15) is 29.4 Å². The van der Waals surface area contributed by atoms with Gasteiger partial charge in [0, 0.05) is 13.5 Å². The third kappa shape index (κ3) is 5.50. The lowest BCUT2D eigenvalue weighted by Crippen LogP contribution is -2.30. The van der Waals surface area contributed by atoms with E-state index in [4.69, 9.17) is 4.74 Å². The summed E-state index contributed by atoms with van der Waals surface area (Å²) >= 11 is 0. The molecule has 0 aliphatic rings. The van der Waals surface area contributed by atoms with E-state index in [0.717, 1.165) is 11.1 Å². The van der Waals surface area contributed by atoms with Crippen molar-refractivity contribution in [3.05, 3.63) is 106 Å². The zero-order chi connectivity index (χ0) is 23.9. The van der Waals surface area contributed by atoms with E-state index in [1.807, 2.05) is 72.8 Å². The second kappa shape index (κ2) is 10.8. The Kier molecular flexibility index (Phi) is 7.34. The van der Waals surface area contributed by atoms with Crippen molar-refractivity contribution in [1.29, 1.82) is 0 Å². The van der Waals surface area contributed by atoms with Crippen LogP contribution in [0.15, 0.2) is 83.7 Å². The first-order valence-corrected chi connectivity index (χ1v) is 11.2. The van der Waals surface area contributed by atoms with E-state index in [1.54, 1.807) is 13.1 Å². The average molecular weight is 458 g/mol. The smallest absolute Gasteiger partial charge is 0.261 e. The minimum absolute atomic E-state index is 0.103. The topological polar surface area (TPSA) is 93.4 Å². The summed E-state index contributed by atoms with van der Waals surface area (Å²) in [5.41, 5.74) is 2.42. The molecule has 0 saturated carbocycles. The van der Waals surface area contributed by atoms with Gasteiger partial charge in [-0.05, 0) is 41.8 Å². The molecule has 0 saturated heterocycles. The molecule has 2 N–H and O–H groups in total. The number of carbonyl (C=O) groups excluding carboxylic acids is 1. The van der Waals surface area contributed by atoms with Gasteiger partial charge in [0.25, 0.3) is 5.56 Å². The Labute approximate surface area is 197 Å². The molecule has 7 heteroatoms. The lowest BCUT2D eigenvalue weighted by molar-refractivity contribution is -0.122. The maximum absolute atomic E-state index is 12.5. The van der Waals surface area contributed by atoms with Crippen LogP contribution in [0.2, 0.25) is 0 Å². The fraction of sp³-hybridized carbons (Fsp3) is 0.222. The Morgan fingerprint density at radius 1 is 1.03 bits per heavy atom. The van der Waals surface area contributed by atoms with Gasteiger partial charge in [0.2, 0.25) is 5.91 Å². The number of fused-ring (bicyclic) bond motifs is 1. The van der Waals surface area contributed by atoms with Gasteiger partial charge in [0.1, 0.15) is 18.2 Å². The summed E-state index contributed by atoms with van der Waals surface area (Å²) < 4.78 is 7.35. The first-order chi connectivity index (χ1) is 16.5. The summed E-state index contributed by atoms with van der Waals surface area (Å²) in [5, 5.41) is 13.1. The fourth-order valence-electron chi connectivity index (χ4n) is 3.74. The van der Waals surface area contributed by atoms with Gasteiger partial charge < -0.3 is 15.2 Å². The molecule has 4 rings (SSSR count). The first kappa shape index (κ1) is 23.2. The molecule has 4 aromatic rings. The summed E-state index contributed by atoms with van der Waals surface area (Å²) in [6, 6.07) is 23.8. The van der Waals surface area contributed by atoms with Gasteiger partial charge in [0.05, 0.1) is 23.6 Å². The number of aliphatic hydroxyl groups excluding tert-OH is 1. The van der Waals surface area contributed by atoms with Gasteiger partial charge in [-0.1, -0.05) is 54.6 Å². The maximum atomic E-state index is 12.5. The van der Waals surface area contributed by atoms with E-state index in [0.29, 0.717) is 35.3 Å². The van der Waals surface area contributed by atoms with Crippen molar-refractivity contribution >= 4 is 16.8 Å². The third-order valence-electron chi connectivity index (χ3n) is 5.73. The first-order valence-electron chi connectivity index (χ1n) is 11.2. The van der Waals surface area contributed by atoms with Crippen molar-refractivity contribution in [2.45, 2.75) is 25.5 Å². The molecule has 0 fully saturated rings. The van der Waals surface area contributed by atoms with Crippen LogP contribution >= 0.6 is 0 Å². The van der Waals surface area contributed by atoms with Crippen molar-refractivity contribution in [2.24, 2.45) is 7.05 Å². The number of carbonyl (C=O) groups is 1. The lowest BCUT2D eigenvalue weighted by atomic mass is 10.1. The average Bonchev–Trinajstić information content (AvgIpc) is 2.88. The highest BCUT2D eigenvalue weighted by atomic mass is 16.5. The van der Waals surface area contributed by atoms with Gasteiger partial charge in [-0.25, -0.2) is 4.98 Å². The van der Waals surface area contributed by atoms with Crippen LogP contribution in [0.25, 0.3) is 10.9 Å². The Bertz CT molecular complexity index is 1320. The van der Waals surface area contributed by atoms with Crippen LogP contribution in [0, 0.1) is 0 Å². The zero-order valence-corrected chi connectivity index (χ0v) is 19.0. The number of hydrogen-bond acceptors (Lipinski definition) is 5. The Morgan fingerprint density at radius 2 is 1.74 bits per heavy atom. The fourth-order valence-corrected chi connectivity index (χ4v) is 3.74. The van der Waals surface area contributed by atoms with Crippen LogP contribution < -0.4 is 15.6 Å². The molecule has 7 nitrogen and oxygen atoms in total. The minimum Gasteiger partial charge on any atom is -0.486 e. The molecule has 3 aromatic carbocycles. The Balaban J connectivity index is 1.31. The number of nitrogens with one attached hydrogen (secondary N) is 1. The summed E-state index contributed by atoms with van der Waals surface area (Å²) in [4.78, 5) is 29.4. The Morgan fingerprint density at radius 3 is 2.47 bits per heavy atom. The van der Waals surface area contributed by atoms with Crippen LogP contribution in [0.5, 0.6) is 5.75 Å². The van der Waals surface area contributed by atoms with Crippen molar-refractivity contribution in [2.75, 3.05) is 6.61 Å². The van der Waals surface area contributed by atoms with Gasteiger partial charge in [-0.3, -0.25) is 14.2 Å². The molecule has 0 bridgehead atoms. The van der Waals surface area contributed by atoms with E-state index < -0.39 is 6.04 Å². The molecular weight excluding hydrogens is 430 g/mol. The SMILES string of the molecule is Cn1c(COc2ccc(CCC(=O)NC(CO)c3ccccc3)cc2)nc2ccccc2c1=O. The van der Waals surface area contributed by atoms with Gasteiger partial charge >= 0.3 is 0 Å². The van der Waals surface area contributed by atoms with Crippen LogP contribution in [-0.2, 0) is 24.9 Å². The molecule has 1 amide bonds. The van der Waals surface area contributed by atoms with Crippen LogP contribution in [0.4, 0.5) is 0 Å². The highest BCUT2D eigenvalue weighted by molar-refractivity contribution is 5.77. The molecule has 34 heavy (non-hydrogen) atoms. The number of para-hydroxylation sites is 1. The number of amides is 1. The lowest BCUT2D eigenvalue weighted by Gasteiger charge is -2.16. The molecule has 1 aromatic heterocycles. The number of hydrogen-bond donors (Lipinski definition) is 2. The zero-order valence-electron chi connectivity index (χ0n) is 19.0. The number of ether oxygens (including phenoxy) is 1. The molecule has 0 aliphatic heterocycles. The quantitative estimate of drug-likeness (QED) is 0.402. The van der Waals surface area contributed by atoms with Gasteiger partial charge in [0.15, 0.2) is 0 Å². The molecule has 1 heterocycles. The number of nitrogens with zero attached hydrogens (tertiary/aromatic N) is 2. The van der Waals surface area contributed by atoms with E-state index in [-0.39, 0.29) is 24.7 Å².